The van der Waals surface area contributed by atoms with E-state index in [1.54, 1.807) is 6.07 Å². The zero-order valence-corrected chi connectivity index (χ0v) is 14.8. The fourth-order valence-corrected chi connectivity index (χ4v) is 2.43. The molecule has 5 nitrogen and oxygen atoms in total. The number of carbonyl (C=O) groups excluding carboxylic acids is 2. The maximum absolute atomic E-state index is 13.7. The minimum atomic E-state index is -0.792. The molecule has 8 heteroatoms. The number of amides is 1. The predicted octanol–water partition coefficient (Wildman–Crippen LogP) is 3.66. The number of methoxy groups -OCH3 is 1. The SMILES string of the molecule is COc1ccc(Cl)cc1C(=O)OCC(=O)N[C@@H](C)c1ccc(F)cc1F. The van der Waals surface area contributed by atoms with Crippen LogP contribution < -0.4 is 10.1 Å². The van der Waals surface area contributed by atoms with Crippen molar-refractivity contribution in [2.75, 3.05) is 13.7 Å². The third-order valence-electron chi connectivity index (χ3n) is 3.52. The molecule has 0 aromatic heterocycles. The Morgan fingerprint density at radius 1 is 1.19 bits per heavy atom. The lowest BCUT2D eigenvalue weighted by molar-refractivity contribution is -0.124. The van der Waals surface area contributed by atoms with E-state index in [0.717, 1.165) is 12.1 Å². The van der Waals surface area contributed by atoms with Crippen molar-refractivity contribution in [2.45, 2.75) is 13.0 Å². The molecule has 0 fully saturated rings. The molecule has 2 rings (SSSR count). The van der Waals surface area contributed by atoms with E-state index in [9.17, 15) is 18.4 Å². The molecule has 0 bridgehead atoms. The summed E-state index contributed by atoms with van der Waals surface area (Å²) < 4.78 is 36.6. The predicted molar refractivity (Wildman–Crippen MR) is 91.2 cm³/mol. The first-order valence-electron chi connectivity index (χ1n) is 7.56. The maximum atomic E-state index is 13.7. The first-order chi connectivity index (χ1) is 12.3. The van der Waals surface area contributed by atoms with Crippen LogP contribution in [-0.4, -0.2) is 25.6 Å². The smallest absolute Gasteiger partial charge is 0.342 e. The highest BCUT2D eigenvalue weighted by atomic mass is 35.5. The average molecular weight is 384 g/mol. The fourth-order valence-electron chi connectivity index (χ4n) is 2.26. The van der Waals surface area contributed by atoms with Gasteiger partial charge in [-0.05, 0) is 31.2 Å². The van der Waals surface area contributed by atoms with Gasteiger partial charge in [-0.3, -0.25) is 4.79 Å². The number of esters is 1. The molecule has 0 aliphatic carbocycles. The lowest BCUT2D eigenvalue weighted by atomic mass is 10.1. The standard InChI is InChI=1S/C18H16ClF2NO4/c1-10(13-5-4-12(20)8-15(13)21)22-17(23)9-26-18(24)14-7-11(19)3-6-16(14)25-2/h3-8,10H,9H2,1-2H3,(H,22,23)/t10-/m0/s1. The van der Waals surface area contributed by atoms with Gasteiger partial charge in [0.1, 0.15) is 22.9 Å². The van der Waals surface area contributed by atoms with Crippen LogP contribution in [0.25, 0.3) is 0 Å². The van der Waals surface area contributed by atoms with Gasteiger partial charge < -0.3 is 14.8 Å². The molecule has 138 valence electrons. The van der Waals surface area contributed by atoms with Crippen molar-refractivity contribution in [3.8, 4) is 5.75 Å². The molecule has 0 heterocycles. The van der Waals surface area contributed by atoms with Crippen LogP contribution in [0.15, 0.2) is 36.4 Å². The number of hydrogen-bond acceptors (Lipinski definition) is 4. The summed E-state index contributed by atoms with van der Waals surface area (Å²) in [5.41, 5.74) is 0.188. The summed E-state index contributed by atoms with van der Waals surface area (Å²) >= 11 is 5.84. The lowest BCUT2D eigenvalue weighted by Crippen LogP contribution is -2.31. The summed E-state index contributed by atoms with van der Waals surface area (Å²) in [5, 5.41) is 2.78. The van der Waals surface area contributed by atoms with Crippen LogP contribution in [0.3, 0.4) is 0 Å². The molecule has 26 heavy (non-hydrogen) atoms. The fraction of sp³-hybridized carbons (Fsp3) is 0.222. The van der Waals surface area contributed by atoms with Gasteiger partial charge in [-0.1, -0.05) is 17.7 Å². The van der Waals surface area contributed by atoms with Crippen molar-refractivity contribution >= 4 is 23.5 Å². The molecule has 0 aliphatic heterocycles. The highest BCUT2D eigenvalue weighted by Gasteiger charge is 2.18. The van der Waals surface area contributed by atoms with E-state index in [0.29, 0.717) is 5.02 Å². The van der Waals surface area contributed by atoms with Gasteiger partial charge in [-0.15, -0.1) is 0 Å². The summed E-state index contributed by atoms with van der Waals surface area (Å²) in [4.78, 5) is 24.0. The Morgan fingerprint density at radius 3 is 2.58 bits per heavy atom. The number of halogens is 3. The Hall–Kier alpha value is -2.67. The zero-order valence-electron chi connectivity index (χ0n) is 14.0. The molecule has 0 unspecified atom stereocenters. The van der Waals surface area contributed by atoms with Crippen molar-refractivity contribution in [2.24, 2.45) is 0 Å². The molecule has 0 saturated carbocycles. The topological polar surface area (TPSA) is 64.6 Å². The molecule has 1 amide bonds. The number of carbonyl (C=O) groups is 2. The van der Waals surface area contributed by atoms with Crippen molar-refractivity contribution in [1.82, 2.24) is 5.32 Å². The van der Waals surface area contributed by atoms with Crippen LogP contribution >= 0.6 is 11.6 Å². The van der Waals surface area contributed by atoms with E-state index in [4.69, 9.17) is 21.1 Å². The van der Waals surface area contributed by atoms with Crippen LogP contribution in [0.5, 0.6) is 5.75 Å². The van der Waals surface area contributed by atoms with Crippen LogP contribution in [0.1, 0.15) is 28.9 Å². The third-order valence-corrected chi connectivity index (χ3v) is 3.76. The minimum absolute atomic E-state index is 0.0745. The molecule has 1 atom stereocenters. The second-order valence-electron chi connectivity index (χ2n) is 5.38. The van der Waals surface area contributed by atoms with Crippen molar-refractivity contribution in [3.05, 3.63) is 64.2 Å². The quantitative estimate of drug-likeness (QED) is 0.773. The van der Waals surface area contributed by atoms with Gasteiger partial charge in [-0.2, -0.15) is 0 Å². The van der Waals surface area contributed by atoms with E-state index in [-0.39, 0.29) is 16.9 Å². The van der Waals surface area contributed by atoms with Crippen LogP contribution in [0, 0.1) is 11.6 Å². The van der Waals surface area contributed by atoms with Gasteiger partial charge in [0.05, 0.1) is 13.2 Å². The minimum Gasteiger partial charge on any atom is -0.496 e. The molecule has 0 aliphatic rings. The first kappa shape index (κ1) is 19.7. The second-order valence-corrected chi connectivity index (χ2v) is 5.81. The van der Waals surface area contributed by atoms with E-state index >= 15 is 0 Å². The third kappa shape index (κ3) is 4.92. The lowest BCUT2D eigenvalue weighted by Gasteiger charge is -2.15. The van der Waals surface area contributed by atoms with Gasteiger partial charge >= 0.3 is 5.97 Å². The maximum Gasteiger partial charge on any atom is 0.342 e. The van der Waals surface area contributed by atoms with E-state index < -0.39 is 36.2 Å². The number of ether oxygens (including phenoxy) is 2. The largest absolute Gasteiger partial charge is 0.496 e. The van der Waals surface area contributed by atoms with Crippen molar-refractivity contribution < 1.29 is 27.8 Å². The van der Waals surface area contributed by atoms with Crippen LogP contribution in [-0.2, 0) is 9.53 Å². The molecule has 0 saturated heterocycles. The molecular weight excluding hydrogens is 368 g/mol. The van der Waals surface area contributed by atoms with Crippen LogP contribution in [0.4, 0.5) is 8.78 Å². The Morgan fingerprint density at radius 2 is 1.92 bits per heavy atom. The second kappa shape index (κ2) is 8.62. The highest BCUT2D eigenvalue weighted by molar-refractivity contribution is 6.31. The number of nitrogens with one attached hydrogen (secondary N) is 1. The summed E-state index contributed by atoms with van der Waals surface area (Å²) in [7, 11) is 1.38. The zero-order chi connectivity index (χ0) is 19.3. The Labute approximate surface area is 153 Å². The molecule has 2 aromatic carbocycles. The van der Waals surface area contributed by atoms with Gasteiger partial charge in [0, 0.05) is 16.7 Å². The van der Waals surface area contributed by atoms with E-state index in [2.05, 4.69) is 5.32 Å². The number of hydrogen-bond donors (Lipinski definition) is 1. The molecule has 1 N–H and O–H groups in total. The van der Waals surface area contributed by atoms with E-state index in [1.165, 1.54) is 32.2 Å². The number of rotatable bonds is 6. The van der Waals surface area contributed by atoms with Gasteiger partial charge in [0.15, 0.2) is 6.61 Å². The Kier molecular flexibility index (Phi) is 6.52. The molecular formula is C18H16ClF2NO4. The summed E-state index contributed by atoms with van der Waals surface area (Å²) in [6.45, 7) is 0.942. The van der Waals surface area contributed by atoms with E-state index in [1.807, 2.05) is 0 Å². The van der Waals surface area contributed by atoms with Crippen molar-refractivity contribution in [1.29, 1.82) is 0 Å². The normalized spacial score (nSPS) is 11.6. The van der Waals surface area contributed by atoms with Crippen molar-refractivity contribution in [3.63, 3.8) is 0 Å². The van der Waals surface area contributed by atoms with Gasteiger partial charge in [0.25, 0.3) is 5.91 Å². The summed E-state index contributed by atoms with van der Waals surface area (Å²) in [5.74, 6) is -2.68. The summed E-state index contributed by atoms with van der Waals surface area (Å²) in [6.07, 6.45) is 0. The van der Waals surface area contributed by atoms with Gasteiger partial charge in [-0.25, -0.2) is 13.6 Å². The number of benzene rings is 2. The highest BCUT2D eigenvalue weighted by Crippen LogP contribution is 2.23. The average Bonchev–Trinajstić information content (AvgIpc) is 2.59. The Bertz CT molecular complexity index is 829. The Balaban J connectivity index is 1.96. The van der Waals surface area contributed by atoms with Gasteiger partial charge in [0.2, 0.25) is 0 Å². The molecule has 2 aromatic rings. The monoisotopic (exact) mass is 383 g/mol. The first-order valence-corrected chi connectivity index (χ1v) is 7.94. The molecule has 0 spiro atoms. The molecule has 0 radical (unpaired) electrons. The summed E-state index contributed by atoms with van der Waals surface area (Å²) in [6, 6.07) is 6.72. The van der Waals surface area contributed by atoms with Crippen LogP contribution in [0.2, 0.25) is 5.02 Å².